The van der Waals surface area contributed by atoms with Crippen LogP contribution in [0.5, 0.6) is 0 Å². The Morgan fingerprint density at radius 3 is 2.93 bits per heavy atom. The van der Waals surface area contributed by atoms with Gasteiger partial charge in [0.05, 0.1) is 6.54 Å². The molecule has 0 fully saturated rings. The lowest BCUT2D eigenvalue weighted by atomic mass is 9.85. The van der Waals surface area contributed by atoms with Gasteiger partial charge in [0.1, 0.15) is 0 Å². The second kappa shape index (κ2) is 3.72. The first-order valence-electron chi connectivity index (χ1n) is 5.40. The Hall–Kier alpha value is -1.26. The van der Waals surface area contributed by atoms with E-state index in [-0.39, 0.29) is 5.41 Å². The Kier molecular flexibility index (Phi) is 2.54. The third kappa shape index (κ3) is 1.78. The largest absolute Gasteiger partial charge is 0.299 e. The molecule has 1 unspecified atom stereocenters. The van der Waals surface area contributed by atoms with Crippen molar-refractivity contribution < 1.29 is 0 Å². The molecule has 0 amide bonds. The number of hydrogen-bond donors (Lipinski definition) is 1. The first-order chi connectivity index (χ1) is 7.15. The van der Waals surface area contributed by atoms with Crippen LogP contribution >= 0.6 is 0 Å². The van der Waals surface area contributed by atoms with E-state index in [9.17, 15) is 0 Å². The van der Waals surface area contributed by atoms with Gasteiger partial charge >= 0.3 is 0 Å². The molecule has 0 saturated heterocycles. The fourth-order valence-electron chi connectivity index (χ4n) is 2.54. The molecule has 1 nitrogen and oxygen atoms in total. The molecule has 0 heterocycles. The van der Waals surface area contributed by atoms with E-state index in [0.29, 0.717) is 12.6 Å². The van der Waals surface area contributed by atoms with E-state index >= 15 is 0 Å². The van der Waals surface area contributed by atoms with Crippen LogP contribution in [0.2, 0.25) is 0 Å². The molecule has 15 heavy (non-hydrogen) atoms. The molecule has 1 aromatic rings. The SMILES string of the molecule is C#CCNC1c2ccccc2CC1(C)C. The van der Waals surface area contributed by atoms with Crippen molar-refractivity contribution in [1.29, 1.82) is 0 Å². The van der Waals surface area contributed by atoms with Gasteiger partial charge in [0.2, 0.25) is 0 Å². The van der Waals surface area contributed by atoms with Gasteiger partial charge in [0, 0.05) is 6.04 Å². The average molecular weight is 199 g/mol. The van der Waals surface area contributed by atoms with E-state index in [0.717, 1.165) is 6.42 Å². The quantitative estimate of drug-likeness (QED) is 0.722. The lowest BCUT2D eigenvalue weighted by Gasteiger charge is -2.27. The highest BCUT2D eigenvalue weighted by Crippen LogP contribution is 2.44. The standard InChI is InChI=1S/C14H17N/c1-4-9-15-13-12-8-6-5-7-11(12)10-14(13,2)3/h1,5-8,13,15H,9-10H2,2-3H3. The maximum atomic E-state index is 5.30. The van der Waals surface area contributed by atoms with Gasteiger partial charge in [-0.2, -0.15) is 0 Å². The molecule has 1 aliphatic rings. The van der Waals surface area contributed by atoms with Crippen molar-refractivity contribution in [3.05, 3.63) is 35.4 Å². The zero-order valence-electron chi connectivity index (χ0n) is 9.38. The molecule has 0 aliphatic heterocycles. The minimum Gasteiger partial charge on any atom is -0.299 e. The van der Waals surface area contributed by atoms with Crippen LogP contribution in [-0.4, -0.2) is 6.54 Å². The third-order valence-electron chi connectivity index (χ3n) is 3.20. The van der Waals surface area contributed by atoms with Gasteiger partial charge in [-0.05, 0) is 23.0 Å². The van der Waals surface area contributed by atoms with Crippen molar-refractivity contribution in [3.63, 3.8) is 0 Å². The fourth-order valence-corrected chi connectivity index (χ4v) is 2.54. The zero-order valence-corrected chi connectivity index (χ0v) is 9.38. The number of rotatable bonds is 2. The van der Waals surface area contributed by atoms with E-state index in [1.807, 2.05) is 0 Å². The average Bonchev–Trinajstić information content (AvgIpc) is 2.45. The maximum Gasteiger partial charge on any atom is 0.0578 e. The highest BCUT2D eigenvalue weighted by Gasteiger charge is 2.37. The molecule has 1 aromatic carbocycles. The molecule has 1 N–H and O–H groups in total. The summed E-state index contributed by atoms with van der Waals surface area (Å²) < 4.78 is 0. The van der Waals surface area contributed by atoms with Crippen LogP contribution in [0, 0.1) is 17.8 Å². The summed E-state index contributed by atoms with van der Waals surface area (Å²) in [6.07, 6.45) is 6.43. The van der Waals surface area contributed by atoms with Crippen molar-refractivity contribution in [2.75, 3.05) is 6.54 Å². The fraction of sp³-hybridized carbons (Fsp3) is 0.429. The number of nitrogens with one attached hydrogen (secondary N) is 1. The molecular weight excluding hydrogens is 182 g/mol. The molecule has 1 aliphatic carbocycles. The lowest BCUT2D eigenvalue weighted by Crippen LogP contribution is -2.31. The minimum absolute atomic E-state index is 0.264. The molecule has 78 valence electrons. The topological polar surface area (TPSA) is 12.0 Å². The summed E-state index contributed by atoms with van der Waals surface area (Å²) in [5.74, 6) is 2.65. The molecule has 0 spiro atoms. The Morgan fingerprint density at radius 2 is 2.20 bits per heavy atom. The van der Waals surface area contributed by atoms with E-state index in [1.54, 1.807) is 0 Å². The van der Waals surface area contributed by atoms with Crippen LogP contribution in [0.15, 0.2) is 24.3 Å². The predicted molar refractivity (Wildman–Crippen MR) is 63.5 cm³/mol. The van der Waals surface area contributed by atoms with Gasteiger partial charge in [-0.15, -0.1) is 6.42 Å². The van der Waals surface area contributed by atoms with Crippen LogP contribution in [0.4, 0.5) is 0 Å². The number of benzene rings is 1. The Labute approximate surface area is 91.9 Å². The van der Waals surface area contributed by atoms with Gasteiger partial charge in [0.15, 0.2) is 0 Å². The van der Waals surface area contributed by atoms with E-state index in [2.05, 4.69) is 49.4 Å². The Morgan fingerprint density at radius 1 is 1.47 bits per heavy atom. The summed E-state index contributed by atoms with van der Waals surface area (Å²) in [7, 11) is 0. The van der Waals surface area contributed by atoms with Crippen molar-refractivity contribution in [2.24, 2.45) is 5.41 Å². The van der Waals surface area contributed by atoms with Gasteiger partial charge in [0.25, 0.3) is 0 Å². The van der Waals surface area contributed by atoms with Crippen molar-refractivity contribution in [3.8, 4) is 12.3 Å². The molecule has 1 heteroatoms. The maximum absolute atomic E-state index is 5.30. The highest BCUT2D eigenvalue weighted by atomic mass is 14.9. The lowest BCUT2D eigenvalue weighted by molar-refractivity contribution is 0.277. The normalized spacial score (nSPS) is 22.1. The summed E-state index contributed by atoms with van der Waals surface area (Å²) in [6, 6.07) is 9.03. The Balaban J connectivity index is 2.31. The second-order valence-corrected chi connectivity index (χ2v) is 4.88. The van der Waals surface area contributed by atoms with Crippen LogP contribution in [0.1, 0.15) is 31.0 Å². The molecule has 0 saturated carbocycles. The summed E-state index contributed by atoms with van der Waals surface area (Å²) in [5.41, 5.74) is 3.13. The molecule has 0 aromatic heterocycles. The molecular formula is C14H17N. The minimum atomic E-state index is 0.264. The van der Waals surface area contributed by atoms with E-state index in [4.69, 9.17) is 6.42 Å². The summed E-state index contributed by atoms with van der Waals surface area (Å²) in [5, 5.41) is 3.44. The Bertz CT molecular complexity index is 398. The van der Waals surface area contributed by atoms with Crippen LogP contribution in [-0.2, 0) is 6.42 Å². The predicted octanol–water partition coefficient (Wildman–Crippen LogP) is 2.53. The summed E-state index contributed by atoms with van der Waals surface area (Å²) in [4.78, 5) is 0. The molecule has 1 atom stereocenters. The summed E-state index contributed by atoms with van der Waals surface area (Å²) in [6.45, 7) is 5.23. The first-order valence-corrected chi connectivity index (χ1v) is 5.40. The van der Waals surface area contributed by atoms with Crippen molar-refractivity contribution >= 4 is 0 Å². The van der Waals surface area contributed by atoms with Crippen molar-refractivity contribution in [1.82, 2.24) is 5.32 Å². The smallest absolute Gasteiger partial charge is 0.0578 e. The summed E-state index contributed by atoms with van der Waals surface area (Å²) >= 11 is 0. The van der Waals surface area contributed by atoms with Crippen LogP contribution < -0.4 is 5.32 Å². The number of terminal acetylenes is 1. The van der Waals surface area contributed by atoms with Gasteiger partial charge in [-0.3, -0.25) is 5.32 Å². The number of hydrogen-bond acceptors (Lipinski definition) is 1. The van der Waals surface area contributed by atoms with Crippen molar-refractivity contribution in [2.45, 2.75) is 26.3 Å². The van der Waals surface area contributed by atoms with Crippen LogP contribution in [0.3, 0.4) is 0 Å². The van der Waals surface area contributed by atoms with Gasteiger partial charge in [-0.25, -0.2) is 0 Å². The van der Waals surface area contributed by atoms with Gasteiger partial charge in [-0.1, -0.05) is 44.0 Å². The second-order valence-electron chi connectivity index (χ2n) is 4.88. The van der Waals surface area contributed by atoms with Crippen LogP contribution in [0.25, 0.3) is 0 Å². The van der Waals surface area contributed by atoms with E-state index < -0.39 is 0 Å². The first kappa shape index (κ1) is 10.3. The zero-order chi connectivity index (χ0) is 10.9. The molecule has 2 rings (SSSR count). The molecule has 0 bridgehead atoms. The monoisotopic (exact) mass is 199 g/mol. The number of fused-ring (bicyclic) bond motifs is 1. The highest BCUT2D eigenvalue weighted by molar-refractivity contribution is 5.37. The molecule has 0 radical (unpaired) electrons. The third-order valence-corrected chi connectivity index (χ3v) is 3.20. The van der Waals surface area contributed by atoms with Gasteiger partial charge < -0.3 is 0 Å². The van der Waals surface area contributed by atoms with E-state index in [1.165, 1.54) is 11.1 Å².